The number of benzene rings is 1. The standard InChI is InChI=1S/C13H9NO4/c1-6-4-9-7(2-3-11(17)18-9)12-8(15)5-10(16)14-13(6)12/h2-5H,1H3,(H2,14,15,16). The van der Waals surface area contributed by atoms with Gasteiger partial charge in [-0.1, -0.05) is 0 Å². The van der Waals surface area contributed by atoms with Crippen LogP contribution in [0.15, 0.2) is 38.3 Å². The summed E-state index contributed by atoms with van der Waals surface area (Å²) in [5.74, 6) is -0.128. The maximum Gasteiger partial charge on any atom is 0.336 e. The molecule has 3 aromatic rings. The van der Waals surface area contributed by atoms with Crippen molar-refractivity contribution in [3.8, 4) is 5.75 Å². The van der Waals surface area contributed by atoms with E-state index in [0.29, 0.717) is 21.9 Å². The van der Waals surface area contributed by atoms with Gasteiger partial charge >= 0.3 is 5.63 Å². The van der Waals surface area contributed by atoms with Gasteiger partial charge in [0.1, 0.15) is 11.3 Å². The molecule has 0 aliphatic heterocycles. The number of nitrogens with one attached hydrogen (secondary N) is 1. The third-order valence-electron chi connectivity index (χ3n) is 2.90. The lowest BCUT2D eigenvalue weighted by Gasteiger charge is -2.07. The number of rotatable bonds is 0. The molecule has 18 heavy (non-hydrogen) atoms. The summed E-state index contributed by atoms with van der Waals surface area (Å²) >= 11 is 0. The first-order valence-electron chi connectivity index (χ1n) is 5.36. The number of aromatic nitrogens is 1. The molecule has 2 N–H and O–H groups in total. The Morgan fingerprint density at radius 1 is 1.22 bits per heavy atom. The number of aromatic amines is 1. The largest absolute Gasteiger partial charge is 0.507 e. The number of H-pyrrole nitrogens is 1. The predicted molar refractivity (Wildman–Crippen MR) is 67.0 cm³/mol. The van der Waals surface area contributed by atoms with Crippen LogP contribution in [0.4, 0.5) is 0 Å². The van der Waals surface area contributed by atoms with E-state index in [9.17, 15) is 14.7 Å². The molecule has 0 aliphatic carbocycles. The number of aromatic hydroxyl groups is 1. The zero-order chi connectivity index (χ0) is 12.9. The molecule has 0 atom stereocenters. The molecular weight excluding hydrogens is 234 g/mol. The lowest BCUT2D eigenvalue weighted by atomic mass is 10.1. The molecular formula is C13H9NO4. The molecule has 1 aromatic carbocycles. The number of fused-ring (bicyclic) bond motifs is 3. The first kappa shape index (κ1) is 10.6. The average molecular weight is 243 g/mol. The molecule has 5 heteroatoms. The molecule has 0 spiro atoms. The van der Waals surface area contributed by atoms with Gasteiger partial charge in [0, 0.05) is 17.5 Å². The maximum absolute atomic E-state index is 11.4. The Hall–Kier alpha value is -2.56. The lowest BCUT2D eigenvalue weighted by Crippen LogP contribution is -2.05. The van der Waals surface area contributed by atoms with E-state index in [-0.39, 0.29) is 11.3 Å². The molecule has 2 aromatic heterocycles. The third kappa shape index (κ3) is 1.41. The van der Waals surface area contributed by atoms with Crippen LogP contribution < -0.4 is 11.2 Å². The number of aryl methyl sites for hydroxylation is 1. The van der Waals surface area contributed by atoms with Gasteiger partial charge in [-0.15, -0.1) is 0 Å². The van der Waals surface area contributed by atoms with Gasteiger partial charge < -0.3 is 14.5 Å². The van der Waals surface area contributed by atoms with Gasteiger partial charge in [-0.3, -0.25) is 4.79 Å². The van der Waals surface area contributed by atoms with Crippen molar-refractivity contribution in [1.82, 2.24) is 4.98 Å². The van der Waals surface area contributed by atoms with Crippen molar-refractivity contribution in [1.29, 1.82) is 0 Å². The molecule has 0 amide bonds. The molecule has 3 rings (SSSR count). The summed E-state index contributed by atoms with van der Waals surface area (Å²) < 4.78 is 5.08. The molecule has 0 saturated carbocycles. The van der Waals surface area contributed by atoms with Crippen molar-refractivity contribution in [2.45, 2.75) is 6.92 Å². The molecule has 2 heterocycles. The summed E-state index contributed by atoms with van der Waals surface area (Å²) in [7, 11) is 0. The molecule has 0 bridgehead atoms. The zero-order valence-electron chi connectivity index (χ0n) is 9.48. The number of hydrogen-bond donors (Lipinski definition) is 2. The van der Waals surface area contributed by atoms with Gasteiger partial charge in [-0.25, -0.2) is 4.79 Å². The second kappa shape index (κ2) is 3.46. The first-order chi connectivity index (χ1) is 8.56. The monoisotopic (exact) mass is 243 g/mol. The van der Waals surface area contributed by atoms with Crippen molar-refractivity contribution in [3.05, 3.63) is 50.6 Å². The van der Waals surface area contributed by atoms with Crippen LogP contribution in [0.3, 0.4) is 0 Å². The highest BCUT2D eigenvalue weighted by atomic mass is 16.4. The van der Waals surface area contributed by atoms with E-state index in [4.69, 9.17) is 4.42 Å². The summed E-state index contributed by atoms with van der Waals surface area (Å²) in [6.07, 6.45) is 0. The number of hydrogen-bond acceptors (Lipinski definition) is 4. The van der Waals surface area contributed by atoms with Gasteiger partial charge in [-0.05, 0) is 24.6 Å². The van der Waals surface area contributed by atoms with Gasteiger partial charge in [-0.2, -0.15) is 0 Å². The van der Waals surface area contributed by atoms with E-state index in [1.807, 2.05) is 0 Å². The summed E-state index contributed by atoms with van der Waals surface area (Å²) in [6, 6.07) is 5.61. The SMILES string of the molecule is Cc1cc2oc(=O)ccc2c2c(O)cc(=O)[nH]c12. The maximum atomic E-state index is 11.4. The minimum absolute atomic E-state index is 0.128. The normalized spacial score (nSPS) is 11.2. The zero-order valence-corrected chi connectivity index (χ0v) is 9.48. The van der Waals surface area contributed by atoms with E-state index in [0.717, 1.165) is 11.6 Å². The van der Waals surface area contributed by atoms with Crippen LogP contribution in [-0.2, 0) is 0 Å². The minimum atomic E-state index is -0.454. The fourth-order valence-corrected chi connectivity index (χ4v) is 2.13. The van der Waals surface area contributed by atoms with Crippen molar-refractivity contribution < 1.29 is 9.52 Å². The van der Waals surface area contributed by atoms with Crippen LogP contribution in [0.5, 0.6) is 5.75 Å². The number of pyridine rings is 1. The first-order valence-corrected chi connectivity index (χ1v) is 5.36. The van der Waals surface area contributed by atoms with Crippen LogP contribution in [-0.4, -0.2) is 10.1 Å². The minimum Gasteiger partial charge on any atom is -0.507 e. The third-order valence-corrected chi connectivity index (χ3v) is 2.90. The van der Waals surface area contributed by atoms with Crippen molar-refractivity contribution >= 4 is 21.9 Å². The second-order valence-electron chi connectivity index (χ2n) is 4.13. The van der Waals surface area contributed by atoms with E-state index >= 15 is 0 Å². The van der Waals surface area contributed by atoms with Gasteiger partial charge in [0.15, 0.2) is 0 Å². The Morgan fingerprint density at radius 3 is 2.78 bits per heavy atom. The topological polar surface area (TPSA) is 83.3 Å². The summed E-state index contributed by atoms with van der Waals surface area (Å²) in [5, 5.41) is 11.0. The van der Waals surface area contributed by atoms with Crippen LogP contribution in [0.25, 0.3) is 21.9 Å². The Morgan fingerprint density at radius 2 is 2.00 bits per heavy atom. The van der Waals surface area contributed by atoms with Gasteiger partial charge in [0.05, 0.1) is 10.9 Å². The van der Waals surface area contributed by atoms with E-state index in [1.165, 1.54) is 6.07 Å². The summed E-state index contributed by atoms with van der Waals surface area (Å²) in [6.45, 7) is 1.77. The highest BCUT2D eigenvalue weighted by Crippen LogP contribution is 2.31. The van der Waals surface area contributed by atoms with E-state index < -0.39 is 5.63 Å². The van der Waals surface area contributed by atoms with Crippen LogP contribution in [0.2, 0.25) is 0 Å². The van der Waals surface area contributed by atoms with E-state index in [1.54, 1.807) is 19.1 Å². The van der Waals surface area contributed by atoms with Gasteiger partial charge in [0.2, 0.25) is 0 Å². The quantitative estimate of drug-likeness (QED) is 0.464. The fraction of sp³-hybridized carbons (Fsp3) is 0.0769. The van der Waals surface area contributed by atoms with Gasteiger partial charge in [0.25, 0.3) is 5.56 Å². The highest BCUT2D eigenvalue weighted by molar-refractivity contribution is 6.08. The predicted octanol–water partition coefficient (Wildman–Crippen LogP) is 1.65. The van der Waals surface area contributed by atoms with Crippen LogP contribution >= 0.6 is 0 Å². The highest BCUT2D eigenvalue weighted by Gasteiger charge is 2.11. The second-order valence-corrected chi connectivity index (χ2v) is 4.13. The molecule has 0 radical (unpaired) electrons. The molecule has 0 unspecified atom stereocenters. The molecule has 0 saturated heterocycles. The molecule has 0 aliphatic rings. The van der Waals surface area contributed by atoms with E-state index in [2.05, 4.69) is 4.98 Å². The van der Waals surface area contributed by atoms with Crippen LogP contribution in [0, 0.1) is 6.92 Å². The van der Waals surface area contributed by atoms with Crippen molar-refractivity contribution in [2.24, 2.45) is 0 Å². The van der Waals surface area contributed by atoms with Crippen molar-refractivity contribution in [3.63, 3.8) is 0 Å². The molecule has 90 valence electrons. The Balaban J connectivity index is 2.69. The lowest BCUT2D eigenvalue weighted by molar-refractivity contribution is 0.480. The Kier molecular flexibility index (Phi) is 2.04. The van der Waals surface area contributed by atoms with Crippen molar-refractivity contribution in [2.75, 3.05) is 0 Å². The Bertz CT molecular complexity index is 889. The molecule has 0 fully saturated rings. The Labute approximate surface area is 100 Å². The smallest absolute Gasteiger partial charge is 0.336 e. The summed E-state index contributed by atoms with van der Waals surface area (Å²) in [4.78, 5) is 25.2. The molecule has 5 nitrogen and oxygen atoms in total. The summed E-state index contributed by atoms with van der Waals surface area (Å²) in [5.41, 5.74) is 0.820. The fourth-order valence-electron chi connectivity index (χ4n) is 2.13. The van der Waals surface area contributed by atoms with Crippen LogP contribution in [0.1, 0.15) is 5.56 Å². The average Bonchev–Trinajstić information content (AvgIpc) is 2.29.